The van der Waals surface area contributed by atoms with Crippen LogP contribution in [0.15, 0.2) is 66.9 Å². The van der Waals surface area contributed by atoms with Gasteiger partial charge in [0.25, 0.3) is 0 Å². The molecule has 2 nitrogen and oxygen atoms in total. The van der Waals surface area contributed by atoms with Gasteiger partial charge in [-0.2, -0.15) is 0 Å². The van der Waals surface area contributed by atoms with Crippen molar-refractivity contribution in [2.75, 3.05) is 0 Å². The molecule has 0 spiro atoms. The topological polar surface area (TPSA) is 22.1 Å². The summed E-state index contributed by atoms with van der Waals surface area (Å²) < 4.78 is 5.97. The van der Waals surface area contributed by atoms with Crippen molar-refractivity contribution in [2.45, 2.75) is 6.61 Å². The van der Waals surface area contributed by atoms with E-state index in [2.05, 4.69) is 29.2 Å². The standard InChI is InChI=1S/C18H13NO/c1-2-6-13(7-3-1)16-10-11-19-17-15-9-5-4-8-14(15)12-20-18(16)17/h1-11H,12H2. The van der Waals surface area contributed by atoms with Gasteiger partial charge in [-0.1, -0.05) is 54.6 Å². The summed E-state index contributed by atoms with van der Waals surface area (Å²) in [5, 5.41) is 0. The number of hydrogen-bond acceptors (Lipinski definition) is 2. The Bertz CT molecular complexity index is 751. The van der Waals surface area contributed by atoms with Gasteiger partial charge in [0.05, 0.1) is 0 Å². The smallest absolute Gasteiger partial charge is 0.153 e. The number of aromatic nitrogens is 1. The van der Waals surface area contributed by atoms with Crippen LogP contribution in [0, 0.1) is 0 Å². The van der Waals surface area contributed by atoms with Crippen LogP contribution in [0.1, 0.15) is 5.56 Å². The molecule has 0 fully saturated rings. The fraction of sp³-hybridized carbons (Fsp3) is 0.0556. The third kappa shape index (κ3) is 1.69. The summed E-state index contributed by atoms with van der Waals surface area (Å²) in [5.41, 5.74) is 5.56. The number of hydrogen-bond donors (Lipinski definition) is 0. The lowest BCUT2D eigenvalue weighted by atomic mass is 9.97. The van der Waals surface area contributed by atoms with Gasteiger partial charge in [-0.3, -0.25) is 4.98 Å². The van der Waals surface area contributed by atoms with Gasteiger partial charge in [0.1, 0.15) is 12.3 Å². The van der Waals surface area contributed by atoms with Gasteiger partial charge in [-0.05, 0) is 17.2 Å². The normalized spacial score (nSPS) is 12.2. The molecule has 2 heteroatoms. The molecule has 0 radical (unpaired) electrons. The molecule has 0 atom stereocenters. The van der Waals surface area contributed by atoms with Crippen molar-refractivity contribution < 1.29 is 4.74 Å². The number of rotatable bonds is 1. The first-order valence-corrected chi connectivity index (χ1v) is 6.69. The molecule has 3 aromatic rings. The van der Waals surface area contributed by atoms with Crippen molar-refractivity contribution in [3.8, 4) is 28.1 Å². The number of benzene rings is 2. The molecule has 2 heterocycles. The maximum Gasteiger partial charge on any atom is 0.153 e. The molecule has 4 rings (SSSR count). The van der Waals surface area contributed by atoms with Gasteiger partial charge in [0.15, 0.2) is 5.75 Å². The van der Waals surface area contributed by atoms with E-state index in [4.69, 9.17) is 4.74 Å². The Labute approximate surface area is 117 Å². The van der Waals surface area contributed by atoms with Gasteiger partial charge in [0, 0.05) is 17.3 Å². The first-order chi connectivity index (χ1) is 9.93. The molecule has 0 bridgehead atoms. The fourth-order valence-electron chi connectivity index (χ4n) is 2.66. The first kappa shape index (κ1) is 11.2. The second-order valence-electron chi connectivity index (χ2n) is 4.85. The van der Waals surface area contributed by atoms with Crippen LogP contribution < -0.4 is 4.74 Å². The van der Waals surface area contributed by atoms with E-state index in [0.29, 0.717) is 6.61 Å². The molecule has 2 aromatic carbocycles. The van der Waals surface area contributed by atoms with Crippen molar-refractivity contribution in [1.29, 1.82) is 0 Å². The number of fused-ring (bicyclic) bond motifs is 3. The molecule has 0 saturated carbocycles. The summed E-state index contributed by atoms with van der Waals surface area (Å²) in [6.07, 6.45) is 1.85. The van der Waals surface area contributed by atoms with Crippen LogP contribution in [0.5, 0.6) is 5.75 Å². The number of nitrogens with zero attached hydrogens (tertiary/aromatic N) is 1. The highest BCUT2D eigenvalue weighted by molar-refractivity contribution is 5.82. The third-order valence-electron chi connectivity index (χ3n) is 3.63. The monoisotopic (exact) mass is 259 g/mol. The molecule has 0 aliphatic carbocycles. The van der Waals surface area contributed by atoms with Crippen LogP contribution in [-0.2, 0) is 6.61 Å². The van der Waals surface area contributed by atoms with E-state index in [1.54, 1.807) is 0 Å². The lowest BCUT2D eigenvalue weighted by Crippen LogP contribution is -2.07. The van der Waals surface area contributed by atoms with Crippen molar-refractivity contribution in [2.24, 2.45) is 0 Å². The maximum atomic E-state index is 5.97. The Morgan fingerprint density at radius 1 is 0.800 bits per heavy atom. The summed E-state index contributed by atoms with van der Waals surface area (Å²) in [4.78, 5) is 4.52. The maximum absolute atomic E-state index is 5.97. The number of pyridine rings is 1. The van der Waals surface area contributed by atoms with Crippen molar-refractivity contribution in [1.82, 2.24) is 4.98 Å². The van der Waals surface area contributed by atoms with Crippen LogP contribution in [0.3, 0.4) is 0 Å². The molecule has 96 valence electrons. The second kappa shape index (κ2) is 4.49. The first-order valence-electron chi connectivity index (χ1n) is 6.69. The minimum Gasteiger partial charge on any atom is -0.486 e. The summed E-state index contributed by atoms with van der Waals surface area (Å²) in [7, 11) is 0. The average Bonchev–Trinajstić information content (AvgIpc) is 2.55. The molecule has 1 aromatic heterocycles. The van der Waals surface area contributed by atoms with E-state index >= 15 is 0 Å². The van der Waals surface area contributed by atoms with E-state index < -0.39 is 0 Å². The SMILES string of the molecule is c1ccc(-c2ccnc3c2OCc2ccccc2-3)cc1. The van der Waals surface area contributed by atoms with E-state index in [-0.39, 0.29) is 0 Å². The molecule has 1 aliphatic rings. The van der Waals surface area contributed by atoms with Gasteiger partial charge < -0.3 is 4.74 Å². The Morgan fingerprint density at radius 3 is 2.50 bits per heavy atom. The zero-order chi connectivity index (χ0) is 13.4. The quantitative estimate of drug-likeness (QED) is 0.649. The molecule has 0 unspecified atom stereocenters. The number of ether oxygens (including phenoxy) is 1. The molecule has 0 saturated heterocycles. The van der Waals surface area contributed by atoms with E-state index in [0.717, 1.165) is 22.6 Å². The molecule has 20 heavy (non-hydrogen) atoms. The van der Waals surface area contributed by atoms with Gasteiger partial charge in [-0.25, -0.2) is 0 Å². The minimum absolute atomic E-state index is 0.606. The summed E-state index contributed by atoms with van der Waals surface area (Å²) in [6.45, 7) is 0.606. The molecular weight excluding hydrogens is 246 g/mol. The zero-order valence-electron chi connectivity index (χ0n) is 10.9. The largest absolute Gasteiger partial charge is 0.486 e. The van der Waals surface area contributed by atoms with E-state index in [1.165, 1.54) is 11.1 Å². The highest BCUT2D eigenvalue weighted by atomic mass is 16.5. The van der Waals surface area contributed by atoms with Gasteiger partial charge in [-0.15, -0.1) is 0 Å². The fourth-order valence-corrected chi connectivity index (χ4v) is 2.66. The minimum atomic E-state index is 0.606. The molecule has 0 amide bonds. The summed E-state index contributed by atoms with van der Waals surface area (Å²) >= 11 is 0. The molecule has 1 aliphatic heterocycles. The van der Waals surface area contributed by atoms with Crippen LogP contribution in [-0.4, -0.2) is 4.98 Å². The average molecular weight is 259 g/mol. The predicted octanol–water partition coefficient (Wildman–Crippen LogP) is 4.31. The Morgan fingerprint density at radius 2 is 1.60 bits per heavy atom. The summed E-state index contributed by atoms with van der Waals surface area (Å²) in [6, 6.07) is 20.6. The zero-order valence-corrected chi connectivity index (χ0v) is 10.9. The van der Waals surface area contributed by atoms with E-state index in [9.17, 15) is 0 Å². The lowest BCUT2D eigenvalue weighted by molar-refractivity contribution is 0.302. The van der Waals surface area contributed by atoms with Gasteiger partial charge >= 0.3 is 0 Å². The third-order valence-corrected chi connectivity index (χ3v) is 3.63. The summed E-state index contributed by atoms with van der Waals surface area (Å²) in [5.74, 6) is 0.886. The highest BCUT2D eigenvalue weighted by Crippen LogP contribution is 2.41. The van der Waals surface area contributed by atoms with Crippen LogP contribution >= 0.6 is 0 Å². The Balaban J connectivity index is 1.95. The molecule has 0 N–H and O–H groups in total. The van der Waals surface area contributed by atoms with Crippen molar-refractivity contribution >= 4 is 0 Å². The Kier molecular flexibility index (Phi) is 2.52. The van der Waals surface area contributed by atoms with Crippen molar-refractivity contribution in [3.63, 3.8) is 0 Å². The van der Waals surface area contributed by atoms with Crippen LogP contribution in [0.2, 0.25) is 0 Å². The van der Waals surface area contributed by atoms with Gasteiger partial charge in [0.2, 0.25) is 0 Å². The highest BCUT2D eigenvalue weighted by Gasteiger charge is 2.21. The molecular formula is C18H13NO. The van der Waals surface area contributed by atoms with Crippen molar-refractivity contribution in [3.05, 3.63) is 72.4 Å². The second-order valence-corrected chi connectivity index (χ2v) is 4.85. The predicted molar refractivity (Wildman–Crippen MR) is 79.4 cm³/mol. The lowest BCUT2D eigenvalue weighted by Gasteiger charge is -2.22. The Hall–Kier alpha value is -2.61. The van der Waals surface area contributed by atoms with E-state index in [1.807, 2.05) is 42.6 Å². The van der Waals surface area contributed by atoms with Crippen LogP contribution in [0.4, 0.5) is 0 Å². The van der Waals surface area contributed by atoms with Crippen LogP contribution in [0.25, 0.3) is 22.4 Å².